The Labute approximate surface area is 515 Å². The SMILES string of the molecule is Cc1c(-n2c3ccc(-c4ccnc(-c5ccccc5)c4)cc3c3cc(-c4ccnc(-c5ccccc5)c4)ccc32)ccc(-c2cccc(C#N)c2)c1-n1c2ccc(-c3ccnc(-c4ccccc4)c3)cc2c2cc(-c3ccnc(-c4ccccc4)c3)ccc21. The Morgan fingerprint density at radius 3 is 0.955 bits per heavy atom. The molecule has 16 rings (SSSR count). The van der Waals surface area contributed by atoms with Gasteiger partial charge in [0.2, 0.25) is 0 Å². The van der Waals surface area contributed by atoms with Gasteiger partial charge in [-0.2, -0.15) is 5.26 Å². The Morgan fingerprint density at radius 2 is 0.607 bits per heavy atom. The van der Waals surface area contributed by atoms with E-state index in [-0.39, 0.29) is 0 Å². The zero-order valence-corrected chi connectivity index (χ0v) is 48.5. The van der Waals surface area contributed by atoms with Gasteiger partial charge in [0.05, 0.1) is 67.8 Å². The van der Waals surface area contributed by atoms with E-state index in [1.165, 1.54) is 0 Å². The molecule has 416 valence electrons. The van der Waals surface area contributed by atoms with Crippen molar-refractivity contribution in [3.05, 3.63) is 315 Å². The molecule has 6 aromatic heterocycles. The molecule has 0 amide bonds. The highest BCUT2D eigenvalue weighted by molar-refractivity contribution is 6.14. The quantitative estimate of drug-likeness (QED) is 0.129. The van der Waals surface area contributed by atoms with E-state index in [0.717, 1.165) is 161 Å². The van der Waals surface area contributed by atoms with Crippen LogP contribution in [0, 0.1) is 18.3 Å². The van der Waals surface area contributed by atoms with Crippen molar-refractivity contribution in [2.24, 2.45) is 0 Å². The van der Waals surface area contributed by atoms with Gasteiger partial charge < -0.3 is 9.13 Å². The zero-order chi connectivity index (χ0) is 59.4. The number of benzene rings is 10. The Hall–Kier alpha value is -12.1. The van der Waals surface area contributed by atoms with E-state index in [0.29, 0.717) is 5.56 Å². The maximum atomic E-state index is 10.4. The lowest BCUT2D eigenvalue weighted by atomic mass is 9.97. The van der Waals surface area contributed by atoms with Gasteiger partial charge in [-0.05, 0) is 178 Å². The molecule has 89 heavy (non-hydrogen) atoms. The van der Waals surface area contributed by atoms with Gasteiger partial charge in [0.25, 0.3) is 0 Å². The minimum Gasteiger partial charge on any atom is -0.309 e. The molecule has 0 saturated carbocycles. The first-order valence-electron chi connectivity index (χ1n) is 29.9. The third-order valence-corrected chi connectivity index (χ3v) is 17.4. The van der Waals surface area contributed by atoms with Crippen molar-refractivity contribution in [2.45, 2.75) is 6.92 Å². The number of aromatic nitrogens is 6. The predicted molar refractivity (Wildman–Crippen MR) is 365 cm³/mol. The molecular weight excluding hydrogens is 1080 g/mol. The highest BCUT2D eigenvalue weighted by Gasteiger charge is 2.24. The summed E-state index contributed by atoms with van der Waals surface area (Å²) in [5.41, 5.74) is 26.5. The van der Waals surface area contributed by atoms with Crippen molar-refractivity contribution in [2.75, 3.05) is 0 Å². The molecule has 0 aliphatic carbocycles. The molecular formula is C82H53N7. The van der Waals surface area contributed by atoms with Gasteiger partial charge in [0.1, 0.15) is 0 Å². The number of rotatable bonds is 11. The van der Waals surface area contributed by atoms with Crippen LogP contribution in [0.25, 0.3) is 156 Å². The lowest BCUT2D eigenvalue weighted by molar-refractivity contribution is 1.10. The molecule has 0 bridgehead atoms. The summed E-state index contributed by atoms with van der Waals surface area (Å²) in [7, 11) is 0. The van der Waals surface area contributed by atoms with Crippen molar-refractivity contribution in [1.82, 2.24) is 29.1 Å². The average molecular weight is 1140 g/mol. The van der Waals surface area contributed by atoms with E-state index in [4.69, 9.17) is 19.9 Å². The second-order valence-corrected chi connectivity index (χ2v) is 22.6. The summed E-state index contributed by atoms with van der Waals surface area (Å²) < 4.78 is 4.91. The fraction of sp³-hybridized carbons (Fsp3) is 0.0122. The van der Waals surface area contributed by atoms with Gasteiger partial charge in [0.15, 0.2) is 0 Å². The van der Waals surface area contributed by atoms with Crippen LogP contribution in [-0.4, -0.2) is 29.1 Å². The van der Waals surface area contributed by atoms with Crippen molar-refractivity contribution >= 4 is 43.6 Å². The molecule has 7 nitrogen and oxygen atoms in total. The van der Waals surface area contributed by atoms with Gasteiger partial charge in [-0.3, -0.25) is 19.9 Å². The molecule has 0 aliphatic heterocycles. The van der Waals surface area contributed by atoms with Crippen LogP contribution in [0.5, 0.6) is 0 Å². The van der Waals surface area contributed by atoms with Gasteiger partial charge >= 0.3 is 0 Å². The van der Waals surface area contributed by atoms with Crippen LogP contribution in [-0.2, 0) is 0 Å². The molecule has 0 radical (unpaired) electrons. The lowest BCUT2D eigenvalue weighted by Gasteiger charge is -2.21. The molecule has 16 aromatic rings. The molecule has 0 unspecified atom stereocenters. The van der Waals surface area contributed by atoms with Gasteiger partial charge in [-0.1, -0.05) is 164 Å². The molecule has 0 spiro atoms. The third kappa shape index (κ3) is 9.50. The molecule has 0 N–H and O–H groups in total. The largest absolute Gasteiger partial charge is 0.309 e. The summed E-state index contributed by atoms with van der Waals surface area (Å²) in [5, 5.41) is 14.9. The minimum absolute atomic E-state index is 0.593. The lowest BCUT2D eigenvalue weighted by Crippen LogP contribution is -2.06. The van der Waals surface area contributed by atoms with Gasteiger partial charge in [-0.25, -0.2) is 0 Å². The van der Waals surface area contributed by atoms with Crippen LogP contribution < -0.4 is 0 Å². The molecule has 7 heteroatoms. The van der Waals surface area contributed by atoms with E-state index >= 15 is 0 Å². The number of nitriles is 1. The van der Waals surface area contributed by atoms with Crippen LogP contribution in [0.1, 0.15) is 11.1 Å². The number of hydrogen-bond acceptors (Lipinski definition) is 5. The number of pyridine rings is 4. The van der Waals surface area contributed by atoms with Crippen LogP contribution in [0.3, 0.4) is 0 Å². The Bertz CT molecular complexity index is 5170. The maximum Gasteiger partial charge on any atom is 0.0991 e. The second-order valence-electron chi connectivity index (χ2n) is 22.6. The molecule has 0 fully saturated rings. The Balaban J connectivity index is 0.941. The van der Waals surface area contributed by atoms with Crippen molar-refractivity contribution in [3.63, 3.8) is 0 Å². The predicted octanol–water partition coefficient (Wildman–Crippen LogP) is 20.6. The first-order valence-corrected chi connectivity index (χ1v) is 29.9. The average Bonchev–Trinajstić information content (AvgIpc) is 1.68. The first kappa shape index (κ1) is 52.4. The van der Waals surface area contributed by atoms with Crippen molar-refractivity contribution < 1.29 is 0 Å². The van der Waals surface area contributed by atoms with Gasteiger partial charge in [0, 0.05) is 74.1 Å². The second kappa shape index (κ2) is 22.1. The van der Waals surface area contributed by atoms with Gasteiger partial charge in [-0.15, -0.1) is 0 Å². The standard InChI is InChI=1S/C82H53N7/c1-53-77(88-78-30-25-59(63-35-39-84-73(48-63)55-16-6-2-7-17-55)44-69(78)70-45-60(26-31-79(70)88)64-36-40-85-74(49-64)56-18-8-3-9-19-56)34-29-68(67-24-14-15-54(43-67)52-83)82(53)89-80-32-27-61(65-37-41-86-75(50-65)57-20-10-4-11-21-57)46-71(80)72-47-62(28-33-81(72)89)66-38-42-87-76(51-66)58-22-12-5-13-23-58/h2-51H,1H3. The topological polar surface area (TPSA) is 85.2 Å². The minimum atomic E-state index is 0.593. The van der Waals surface area contributed by atoms with Crippen LogP contribution in [0.2, 0.25) is 0 Å². The molecule has 0 saturated heterocycles. The highest BCUT2D eigenvalue weighted by Crippen LogP contribution is 2.45. The summed E-state index contributed by atoms with van der Waals surface area (Å²) in [5.74, 6) is 0. The van der Waals surface area contributed by atoms with E-state index in [9.17, 15) is 5.26 Å². The first-order chi connectivity index (χ1) is 44.0. The van der Waals surface area contributed by atoms with E-state index in [1.807, 2.05) is 67.3 Å². The third-order valence-electron chi connectivity index (χ3n) is 17.4. The highest BCUT2D eigenvalue weighted by atomic mass is 15.0. The van der Waals surface area contributed by atoms with Crippen LogP contribution in [0.4, 0.5) is 0 Å². The van der Waals surface area contributed by atoms with Crippen LogP contribution in [0.15, 0.2) is 304 Å². The fourth-order valence-electron chi connectivity index (χ4n) is 13.0. The molecule has 6 heterocycles. The Kier molecular flexibility index (Phi) is 13.0. The number of hydrogen-bond donors (Lipinski definition) is 0. The summed E-state index contributed by atoms with van der Waals surface area (Å²) in [4.78, 5) is 19.3. The van der Waals surface area contributed by atoms with E-state index in [2.05, 4.69) is 259 Å². The van der Waals surface area contributed by atoms with Crippen molar-refractivity contribution in [1.29, 1.82) is 5.26 Å². The summed E-state index contributed by atoms with van der Waals surface area (Å²) in [6.45, 7) is 2.26. The summed E-state index contributed by atoms with van der Waals surface area (Å²) in [6.07, 6.45) is 7.64. The normalized spacial score (nSPS) is 11.4. The summed E-state index contributed by atoms with van der Waals surface area (Å²) >= 11 is 0. The monoisotopic (exact) mass is 1140 g/mol. The molecule has 0 aliphatic rings. The Morgan fingerprint density at radius 1 is 0.281 bits per heavy atom. The van der Waals surface area contributed by atoms with Crippen molar-refractivity contribution in [3.8, 4) is 118 Å². The zero-order valence-electron chi connectivity index (χ0n) is 48.5. The number of fused-ring (bicyclic) bond motifs is 6. The van der Waals surface area contributed by atoms with Crippen LogP contribution >= 0.6 is 0 Å². The fourth-order valence-corrected chi connectivity index (χ4v) is 13.0. The maximum absolute atomic E-state index is 10.4. The smallest absolute Gasteiger partial charge is 0.0991 e. The molecule has 10 aromatic carbocycles. The molecule has 0 atom stereocenters. The summed E-state index contributed by atoms with van der Waals surface area (Å²) in [6, 6.07) is 101. The van der Waals surface area contributed by atoms with E-state index in [1.54, 1.807) is 0 Å². The van der Waals surface area contributed by atoms with E-state index < -0.39 is 0 Å². The number of nitrogens with zero attached hydrogens (tertiary/aromatic N) is 7.